The highest BCUT2D eigenvalue weighted by molar-refractivity contribution is 6.74. The van der Waals surface area contributed by atoms with Crippen LogP contribution in [0.4, 0.5) is 4.79 Å². The molecule has 1 aliphatic rings. The molecule has 0 aromatic carbocycles. The summed E-state index contributed by atoms with van der Waals surface area (Å²) in [5.41, 5.74) is -0.781. The van der Waals surface area contributed by atoms with Gasteiger partial charge < -0.3 is 13.9 Å². The second-order valence-electron chi connectivity index (χ2n) is 8.83. The van der Waals surface area contributed by atoms with E-state index >= 15 is 0 Å². The minimum absolute atomic E-state index is 0.0806. The molecule has 1 heterocycles. The fourth-order valence-corrected chi connectivity index (χ4v) is 3.48. The van der Waals surface area contributed by atoms with E-state index in [9.17, 15) is 14.4 Å². The van der Waals surface area contributed by atoms with Gasteiger partial charge in [0.15, 0.2) is 8.32 Å². The number of ether oxygens (including phenoxy) is 2. The number of esters is 1. The molecule has 2 atom stereocenters. The lowest BCUT2D eigenvalue weighted by molar-refractivity contribution is -0.149. The molecule has 2 amide bonds. The number of methoxy groups -OCH3 is 1. The zero-order chi connectivity index (χ0) is 19.8. The molecule has 0 N–H and O–H groups in total. The fraction of sp³-hybridized carbons (Fsp3) is 0.824. The molecule has 25 heavy (non-hydrogen) atoms. The highest BCUT2D eigenvalue weighted by atomic mass is 28.4. The van der Waals surface area contributed by atoms with Crippen molar-refractivity contribution in [1.29, 1.82) is 0 Å². The lowest BCUT2D eigenvalue weighted by Crippen LogP contribution is -2.48. The highest BCUT2D eigenvalue weighted by Crippen LogP contribution is 2.39. The summed E-state index contributed by atoms with van der Waals surface area (Å²) in [5.74, 6) is -1.20. The van der Waals surface area contributed by atoms with Crippen LogP contribution in [0, 0.1) is 0 Å². The third kappa shape index (κ3) is 5.04. The summed E-state index contributed by atoms with van der Waals surface area (Å²) in [4.78, 5) is 38.1. The molecule has 0 spiro atoms. The molecule has 0 unspecified atom stereocenters. The van der Waals surface area contributed by atoms with Gasteiger partial charge in [-0.15, -0.1) is 0 Å². The predicted octanol–water partition coefficient (Wildman–Crippen LogP) is 3.09. The zero-order valence-electron chi connectivity index (χ0n) is 16.8. The Kier molecular flexibility index (Phi) is 6.12. The van der Waals surface area contributed by atoms with E-state index in [1.807, 2.05) is 13.1 Å². The zero-order valence-corrected chi connectivity index (χ0v) is 17.8. The van der Waals surface area contributed by atoms with E-state index in [-0.39, 0.29) is 11.5 Å². The van der Waals surface area contributed by atoms with Crippen molar-refractivity contribution in [3.63, 3.8) is 0 Å². The Balaban J connectivity index is 3.09. The molecular formula is C17H31NO6Si. The molecule has 144 valence electrons. The third-order valence-electron chi connectivity index (χ3n) is 4.57. The van der Waals surface area contributed by atoms with Gasteiger partial charge in [0, 0.05) is 6.42 Å². The summed E-state index contributed by atoms with van der Waals surface area (Å²) in [6, 6.07) is -1.03. The molecule has 0 saturated carbocycles. The predicted molar refractivity (Wildman–Crippen MR) is 95.6 cm³/mol. The summed E-state index contributed by atoms with van der Waals surface area (Å²) < 4.78 is 16.2. The van der Waals surface area contributed by atoms with Crippen LogP contribution >= 0.6 is 0 Å². The van der Waals surface area contributed by atoms with Crippen LogP contribution in [0.5, 0.6) is 0 Å². The van der Waals surface area contributed by atoms with Gasteiger partial charge in [0.2, 0.25) is 0 Å². The number of hydrogen-bond donors (Lipinski definition) is 0. The second kappa shape index (κ2) is 7.07. The van der Waals surface area contributed by atoms with Gasteiger partial charge in [-0.1, -0.05) is 20.8 Å². The van der Waals surface area contributed by atoms with Crippen LogP contribution in [-0.4, -0.2) is 56.0 Å². The summed E-state index contributed by atoms with van der Waals surface area (Å²) in [5, 5.41) is -0.104. The summed E-state index contributed by atoms with van der Waals surface area (Å²) in [6.07, 6.45) is -1.62. The molecule has 0 aromatic rings. The summed E-state index contributed by atoms with van der Waals surface area (Å²) >= 11 is 0. The molecule has 0 aromatic heterocycles. The number of carbonyl (C=O) groups is 3. The van der Waals surface area contributed by atoms with Gasteiger partial charge in [0.1, 0.15) is 17.7 Å². The van der Waals surface area contributed by atoms with Gasteiger partial charge in [-0.25, -0.2) is 14.5 Å². The molecule has 1 rings (SSSR count). The molecule has 0 radical (unpaired) electrons. The quantitative estimate of drug-likeness (QED) is 0.558. The van der Waals surface area contributed by atoms with Crippen molar-refractivity contribution in [3.05, 3.63) is 0 Å². The van der Waals surface area contributed by atoms with E-state index in [1.54, 1.807) is 20.8 Å². The molecule has 1 fully saturated rings. The first-order valence-electron chi connectivity index (χ1n) is 8.42. The van der Waals surface area contributed by atoms with Crippen LogP contribution in [-0.2, 0) is 23.5 Å². The smallest absolute Gasteiger partial charge is 0.417 e. The van der Waals surface area contributed by atoms with E-state index < -0.39 is 44.0 Å². The van der Waals surface area contributed by atoms with E-state index in [4.69, 9.17) is 13.9 Å². The van der Waals surface area contributed by atoms with E-state index in [1.165, 1.54) is 7.11 Å². The first-order chi connectivity index (χ1) is 11.1. The van der Waals surface area contributed by atoms with Crippen molar-refractivity contribution in [2.45, 2.75) is 83.8 Å². The minimum Gasteiger partial charge on any atom is -0.467 e. The van der Waals surface area contributed by atoms with Gasteiger partial charge in [-0.2, -0.15) is 0 Å². The summed E-state index contributed by atoms with van der Waals surface area (Å²) in [6.45, 7) is 15.3. The summed E-state index contributed by atoms with van der Waals surface area (Å²) in [7, 11) is -1.02. The van der Waals surface area contributed by atoms with Gasteiger partial charge in [0.25, 0.3) is 5.91 Å². The average molecular weight is 374 g/mol. The van der Waals surface area contributed by atoms with Crippen molar-refractivity contribution in [3.8, 4) is 0 Å². The number of amides is 2. The van der Waals surface area contributed by atoms with Crippen molar-refractivity contribution < 1.29 is 28.3 Å². The van der Waals surface area contributed by atoms with Gasteiger partial charge in [-0.3, -0.25) is 4.79 Å². The normalized spacial score (nSPS) is 22.1. The van der Waals surface area contributed by atoms with Crippen LogP contribution in [0.1, 0.15) is 48.0 Å². The van der Waals surface area contributed by atoms with Crippen LogP contribution in [0.15, 0.2) is 0 Å². The van der Waals surface area contributed by atoms with Crippen LogP contribution in [0.25, 0.3) is 0 Å². The SMILES string of the molecule is COC(=O)[C@@H]1C[C@@H](O[Si](C)(C)C(C)(C)C)C(=O)N1C(=O)OC(C)(C)C. The van der Waals surface area contributed by atoms with Crippen molar-refractivity contribution >= 4 is 26.3 Å². The monoisotopic (exact) mass is 373 g/mol. The van der Waals surface area contributed by atoms with Gasteiger partial charge in [-0.05, 0) is 38.9 Å². The number of rotatable bonds is 3. The number of likely N-dealkylation sites (tertiary alicyclic amines) is 1. The maximum Gasteiger partial charge on any atom is 0.417 e. The van der Waals surface area contributed by atoms with Crippen LogP contribution in [0.3, 0.4) is 0 Å². The molecule has 0 bridgehead atoms. The van der Waals surface area contributed by atoms with Gasteiger partial charge in [0.05, 0.1) is 7.11 Å². The molecule has 7 nitrogen and oxygen atoms in total. The first kappa shape index (κ1) is 21.6. The lowest BCUT2D eigenvalue weighted by Gasteiger charge is -2.37. The lowest BCUT2D eigenvalue weighted by atomic mass is 10.2. The number of imide groups is 1. The van der Waals surface area contributed by atoms with E-state index in [0.29, 0.717) is 0 Å². The second-order valence-corrected chi connectivity index (χ2v) is 13.6. The minimum atomic E-state index is -2.25. The third-order valence-corrected chi connectivity index (χ3v) is 9.05. The molecule has 8 heteroatoms. The van der Waals surface area contributed by atoms with Crippen molar-refractivity contribution in [1.82, 2.24) is 4.90 Å². The Bertz CT molecular complexity index is 546. The number of hydrogen-bond acceptors (Lipinski definition) is 6. The van der Waals surface area contributed by atoms with E-state index in [2.05, 4.69) is 20.8 Å². The van der Waals surface area contributed by atoms with Crippen molar-refractivity contribution in [2.24, 2.45) is 0 Å². The van der Waals surface area contributed by atoms with Crippen LogP contribution < -0.4 is 0 Å². The standard InChI is InChI=1S/C17H31NO6Si/c1-16(2,3)23-15(21)18-11(14(20)22-7)10-12(13(18)19)24-25(8,9)17(4,5)6/h11-12H,10H2,1-9H3/t11-,12+/m0/s1. The average Bonchev–Trinajstić information content (AvgIpc) is 2.71. The Morgan fingerprint density at radius 1 is 1.12 bits per heavy atom. The molecule has 0 aliphatic carbocycles. The number of carbonyl (C=O) groups excluding carboxylic acids is 3. The number of nitrogens with zero attached hydrogens (tertiary/aromatic N) is 1. The van der Waals surface area contributed by atoms with Gasteiger partial charge >= 0.3 is 12.1 Å². The Morgan fingerprint density at radius 2 is 1.64 bits per heavy atom. The molecule has 1 saturated heterocycles. The molecular weight excluding hydrogens is 342 g/mol. The Labute approximate surface area is 151 Å². The first-order valence-corrected chi connectivity index (χ1v) is 11.3. The van der Waals surface area contributed by atoms with Crippen molar-refractivity contribution in [2.75, 3.05) is 7.11 Å². The maximum atomic E-state index is 12.8. The topological polar surface area (TPSA) is 82.1 Å². The van der Waals surface area contributed by atoms with Crippen LogP contribution in [0.2, 0.25) is 18.1 Å². The van der Waals surface area contributed by atoms with E-state index in [0.717, 1.165) is 4.90 Å². The largest absolute Gasteiger partial charge is 0.467 e. The Morgan fingerprint density at radius 3 is 2.04 bits per heavy atom. The highest BCUT2D eigenvalue weighted by Gasteiger charge is 2.52. The maximum absolute atomic E-state index is 12.8. The molecule has 1 aliphatic heterocycles. The Hall–Kier alpha value is -1.41. The fourth-order valence-electron chi connectivity index (χ4n) is 2.21.